The van der Waals surface area contributed by atoms with Crippen LogP contribution in [0.3, 0.4) is 0 Å². The van der Waals surface area contributed by atoms with Gasteiger partial charge in [0.25, 0.3) is 0 Å². The van der Waals surface area contributed by atoms with Crippen molar-refractivity contribution in [2.75, 3.05) is 11.6 Å². The Hall–Kier alpha value is 0.500. The summed E-state index contributed by atoms with van der Waals surface area (Å²) in [4.78, 5) is 10.1. The number of hydrogen-bond acceptors (Lipinski definition) is 2. The summed E-state index contributed by atoms with van der Waals surface area (Å²) in [6, 6.07) is 0. The van der Waals surface area contributed by atoms with E-state index in [-0.39, 0.29) is 5.12 Å². The second-order valence-electron chi connectivity index (χ2n) is 0.710. The monoisotopic (exact) mass is 168 g/mol. The first-order chi connectivity index (χ1) is 2.81. The maximum absolute atomic E-state index is 10.1. The molecular formula is C3H5BrOS. The summed E-state index contributed by atoms with van der Waals surface area (Å²) in [5, 5.41) is 0.642. The molecule has 0 rings (SSSR count). The molecule has 0 aromatic carbocycles. The predicted molar refractivity (Wildman–Crippen MR) is 32.3 cm³/mol. The van der Waals surface area contributed by atoms with Gasteiger partial charge in [-0.15, -0.1) is 0 Å². The number of halogens is 1. The first kappa shape index (κ1) is 6.50. The third kappa shape index (κ3) is 2.72. The number of carbonyl (C=O) groups is 1. The van der Waals surface area contributed by atoms with Crippen LogP contribution >= 0.6 is 27.7 Å². The van der Waals surface area contributed by atoms with Crippen LogP contribution in [0.5, 0.6) is 0 Å². The van der Waals surface area contributed by atoms with Crippen molar-refractivity contribution in [3.63, 3.8) is 0 Å². The maximum atomic E-state index is 10.1. The van der Waals surface area contributed by atoms with Crippen LogP contribution in [0.15, 0.2) is 0 Å². The van der Waals surface area contributed by atoms with Crippen LogP contribution in [0.25, 0.3) is 0 Å². The molecule has 3 heteroatoms. The summed E-state index contributed by atoms with van der Waals surface area (Å²) in [7, 11) is 0. The smallest absolute Gasteiger partial charge is 0.199 e. The lowest BCUT2D eigenvalue weighted by Gasteiger charge is -1.79. The Kier molecular flexibility index (Phi) is 3.99. The van der Waals surface area contributed by atoms with Crippen molar-refractivity contribution >= 4 is 32.8 Å². The van der Waals surface area contributed by atoms with Gasteiger partial charge < -0.3 is 0 Å². The lowest BCUT2D eigenvalue weighted by molar-refractivity contribution is -0.108. The minimum Gasteiger partial charge on any atom is -0.286 e. The van der Waals surface area contributed by atoms with E-state index in [1.54, 1.807) is 6.26 Å². The summed E-state index contributed by atoms with van der Waals surface area (Å²) in [5.74, 6) is 0. The molecule has 0 aliphatic rings. The van der Waals surface area contributed by atoms with Crippen molar-refractivity contribution in [1.29, 1.82) is 0 Å². The van der Waals surface area contributed by atoms with E-state index in [0.29, 0.717) is 5.33 Å². The zero-order valence-corrected chi connectivity index (χ0v) is 5.80. The highest BCUT2D eigenvalue weighted by atomic mass is 79.9. The molecule has 0 radical (unpaired) electrons. The fourth-order valence-corrected chi connectivity index (χ4v) is 0.850. The SMILES string of the molecule is CSC(=O)CBr. The third-order valence-electron chi connectivity index (χ3n) is 0.337. The van der Waals surface area contributed by atoms with E-state index in [1.165, 1.54) is 11.8 Å². The number of rotatable bonds is 1. The van der Waals surface area contributed by atoms with E-state index >= 15 is 0 Å². The van der Waals surface area contributed by atoms with E-state index < -0.39 is 0 Å². The van der Waals surface area contributed by atoms with Crippen molar-refractivity contribution < 1.29 is 4.79 Å². The van der Waals surface area contributed by atoms with Gasteiger partial charge in [-0.1, -0.05) is 27.7 Å². The van der Waals surface area contributed by atoms with Gasteiger partial charge in [-0.05, 0) is 6.26 Å². The molecule has 0 aliphatic heterocycles. The van der Waals surface area contributed by atoms with Gasteiger partial charge in [-0.25, -0.2) is 0 Å². The molecule has 0 bridgehead atoms. The van der Waals surface area contributed by atoms with Crippen molar-refractivity contribution in [3.8, 4) is 0 Å². The van der Waals surface area contributed by atoms with E-state index in [2.05, 4.69) is 15.9 Å². The average molecular weight is 169 g/mol. The van der Waals surface area contributed by atoms with E-state index in [9.17, 15) is 4.79 Å². The van der Waals surface area contributed by atoms with Crippen LogP contribution in [0, 0.1) is 0 Å². The molecule has 0 saturated heterocycles. The Morgan fingerprint density at radius 2 is 2.50 bits per heavy atom. The van der Waals surface area contributed by atoms with Gasteiger partial charge in [0.1, 0.15) is 0 Å². The minimum absolute atomic E-state index is 0.176. The fourth-order valence-electron chi connectivity index (χ4n) is 0.0546. The molecule has 0 amide bonds. The van der Waals surface area contributed by atoms with Gasteiger partial charge in [0.2, 0.25) is 0 Å². The topological polar surface area (TPSA) is 17.1 Å². The summed E-state index contributed by atoms with van der Waals surface area (Å²) < 4.78 is 0. The van der Waals surface area contributed by atoms with Crippen molar-refractivity contribution in [2.24, 2.45) is 0 Å². The summed E-state index contributed by atoms with van der Waals surface area (Å²) >= 11 is 4.24. The molecule has 0 aromatic heterocycles. The van der Waals surface area contributed by atoms with Crippen molar-refractivity contribution in [2.45, 2.75) is 0 Å². The van der Waals surface area contributed by atoms with Crippen LogP contribution in [0.4, 0.5) is 0 Å². The van der Waals surface area contributed by atoms with Crippen LogP contribution in [0.1, 0.15) is 0 Å². The first-order valence-electron chi connectivity index (χ1n) is 1.44. The minimum atomic E-state index is 0.176. The summed E-state index contributed by atoms with van der Waals surface area (Å²) in [6.07, 6.45) is 1.77. The molecule has 0 unspecified atom stereocenters. The molecule has 0 N–H and O–H groups in total. The Morgan fingerprint density at radius 3 is 2.50 bits per heavy atom. The van der Waals surface area contributed by atoms with Crippen LogP contribution < -0.4 is 0 Å². The number of alkyl halides is 1. The maximum Gasteiger partial charge on any atom is 0.199 e. The zero-order chi connectivity index (χ0) is 4.99. The van der Waals surface area contributed by atoms with Gasteiger partial charge in [0.15, 0.2) is 5.12 Å². The van der Waals surface area contributed by atoms with E-state index in [0.717, 1.165) is 0 Å². The highest BCUT2D eigenvalue weighted by molar-refractivity contribution is 9.09. The first-order valence-corrected chi connectivity index (χ1v) is 3.78. The molecule has 0 saturated carbocycles. The molecule has 0 fully saturated rings. The molecule has 6 heavy (non-hydrogen) atoms. The molecule has 36 valence electrons. The predicted octanol–water partition coefficient (Wildman–Crippen LogP) is 1.27. The van der Waals surface area contributed by atoms with Gasteiger partial charge >= 0.3 is 0 Å². The van der Waals surface area contributed by atoms with Crippen LogP contribution in [0.2, 0.25) is 0 Å². The van der Waals surface area contributed by atoms with E-state index in [4.69, 9.17) is 0 Å². The molecule has 0 aliphatic carbocycles. The Labute approximate surface area is 49.6 Å². The summed E-state index contributed by atoms with van der Waals surface area (Å²) in [6.45, 7) is 0. The summed E-state index contributed by atoms with van der Waals surface area (Å²) in [5.41, 5.74) is 0. The number of hydrogen-bond donors (Lipinski definition) is 0. The Balaban J connectivity index is 2.99. The van der Waals surface area contributed by atoms with Gasteiger partial charge in [0.05, 0.1) is 5.33 Å². The van der Waals surface area contributed by atoms with Gasteiger partial charge in [-0.3, -0.25) is 4.79 Å². The lowest BCUT2D eigenvalue weighted by atomic mass is 10.9. The van der Waals surface area contributed by atoms with E-state index in [1.807, 2.05) is 0 Å². The molecule has 1 nitrogen and oxygen atoms in total. The largest absolute Gasteiger partial charge is 0.286 e. The fraction of sp³-hybridized carbons (Fsp3) is 0.667. The highest BCUT2D eigenvalue weighted by Gasteiger charge is 1.89. The molecule has 0 spiro atoms. The normalized spacial score (nSPS) is 8.33. The molecular weight excluding hydrogens is 164 g/mol. The Morgan fingerprint density at radius 1 is 2.00 bits per heavy atom. The lowest BCUT2D eigenvalue weighted by Crippen LogP contribution is -1.87. The van der Waals surface area contributed by atoms with Crippen molar-refractivity contribution in [1.82, 2.24) is 0 Å². The quantitative estimate of drug-likeness (QED) is 0.550. The van der Waals surface area contributed by atoms with Gasteiger partial charge in [-0.2, -0.15) is 0 Å². The average Bonchev–Trinajstić information content (AvgIpc) is 1.65. The van der Waals surface area contributed by atoms with Crippen LogP contribution in [-0.4, -0.2) is 16.7 Å². The zero-order valence-electron chi connectivity index (χ0n) is 3.40. The van der Waals surface area contributed by atoms with Crippen molar-refractivity contribution in [3.05, 3.63) is 0 Å². The number of carbonyl (C=O) groups excluding carboxylic acids is 1. The van der Waals surface area contributed by atoms with Gasteiger partial charge in [0, 0.05) is 0 Å². The molecule has 0 atom stereocenters. The Bertz CT molecular complexity index is 48.8. The highest BCUT2D eigenvalue weighted by Crippen LogP contribution is 1.95. The standard InChI is InChI=1S/C3H5BrOS/c1-6-3(5)2-4/h2H2,1H3. The molecule has 0 heterocycles. The molecule has 0 aromatic rings. The van der Waals surface area contributed by atoms with Crippen LogP contribution in [-0.2, 0) is 4.79 Å². The number of thioether (sulfide) groups is 1. The third-order valence-corrected chi connectivity index (χ3v) is 1.82. The second kappa shape index (κ2) is 3.68. The second-order valence-corrected chi connectivity index (χ2v) is 2.13.